The summed E-state index contributed by atoms with van der Waals surface area (Å²) in [7, 11) is 0. The fourth-order valence-electron chi connectivity index (χ4n) is 2.35. The molecule has 22 heavy (non-hydrogen) atoms. The van der Waals surface area contributed by atoms with Gasteiger partial charge in [-0.05, 0) is 42.8 Å². The van der Waals surface area contributed by atoms with Gasteiger partial charge in [0.2, 0.25) is 0 Å². The van der Waals surface area contributed by atoms with Gasteiger partial charge in [-0.2, -0.15) is 0 Å². The summed E-state index contributed by atoms with van der Waals surface area (Å²) in [4.78, 5) is 23.1. The molecular formula is C17H16N2O3. The SMILES string of the molecule is CCOc1ccc(CNc2ccc3c(c2)C(=O)NC3=O)cc1. The highest BCUT2D eigenvalue weighted by Crippen LogP contribution is 2.21. The number of rotatable bonds is 5. The number of imide groups is 1. The van der Waals surface area contributed by atoms with E-state index in [0.717, 1.165) is 17.0 Å². The highest BCUT2D eigenvalue weighted by molar-refractivity contribution is 6.21. The molecule has 2 aromatic rings. The normalized spacial score (nSPS) is 12.8. The Morgan fingerprint density at radius 3 is 2.45 bits per heavy atom. The highest BCUT2D eigenvalue weighted by Gasteiger charge is 2.26. The maximum absolute atomic E-state index is 11.6. The Morgan fingerprint density at radius 1 is 1.00 bits per heavy atom. The standard InChI is InChI=1S/C17H16N2O3/c1-2-22-13-6-3-11(4-7-13)10-18-12-5-8-14-15(9-12)17(21)19-16(14)20/h3-9,18H,2,10H2,1H3,(H,19,20,21). The molecule has 112 valence electrons. The molecule has 1 aliphatic heterocycles. The summed E-state index contributed by atoms with van der Waals surface area (Å²) in [5.74, 6) is 0.168. The second-order valence-corrected chi connectivity index (χ2v) is 4.97. The maximum atomic E-state index is 11.6. The van der Waals surface area contributed by atoms with Crippen LogP contribution in [0.5, 0.6) is 5.75 Å². The zero-order chi connectivity index (χ0) is 15.5. The van der Waals surface area contributed by atoms with E-state index in [1.807, 2.05) is 31.2 Å². The summed E-state index contributed by atoms with van der Waals surface area (Å²) < 4.78 is 5.40. The van der Waals surface area contributed by atoms with Gasteiger partial charge >= 0.3 is 0 Å². The van der Waals surface area contributed by atoms with Gasteiger partial charge in [0.1, 0.15) is 5.75 Å². The molecule has 0 fully saturated rings. The molecule has 0 aliphatic carbocycles. The summed E-state index contributed by atoms with van der Waals surface area (Å²) in [5.41, 5.74) is 2.75. The van der Waals surface area contributed by atoms with Gasteiger partial charge in [0, 0.05) is 12.2 Å². The molecule has 0 bridgehead atoms. The van der Waals surface area contributed by atoms with Crippen molar-refractivity contribution in [3.05, 3.63) is 59.2 Å². The van der Waals surface area contributed by atoms with Gasteiger partial charge in [0.25, 0.3) is 11.8 Å². The summed E-state index contributed by atoms with van der Waals surface area (Å²) in [6, 6.07) is 13.0. The monoisotopic (exact) mass is 296 g/mol. The van der Waals surface area contributed by atoms with Gasteiger partial charge in [-0.3, -0.25) is 14.9 Å². The molecule has 0 unspecified atom stereocenters. The Balaban J connectivity index is 1.68. The van der Waals surface area contributed by atoms with Crippen LogP contribution in [0.1, 0.15) is 33.2 Å². The van der Waals surface area contributed by atoms with E-state index in [1.54, 1.807) is 18.2 Å². The number of hydrogen-bond acceptors (Lipinski definition) is 4. The van der Waals surface area contributed by atoms with Gasteiger partial charge in [0.15, 0.2) is 0 Å². The maximum Gasteiger partial charge on any atom is 0.259 e. The van der Waals surface area contributed by atoms with Crippen LogP contribution < -0.4 is 15.4 Å². The molecule has 3 rings (SSSR count). The molecule has 1 aliphatic rings. The fourth-order valence-corrected chi connectivity index (χ4v) is 2.35. The van der Waals surface area contributed by atoms with Crippen molar-refractivity contribution >= 4 is 17.5 Å². The van der Waals surface area contributed by atoms with Crippen LogP contribution in [0.25, 0.3) is 0 Å². The molecule has 2 N–H and O–H groups in total. The van der Waals surface area contributed by atoms with Gasteiger partial charge in [-0.1, -0.05) is 12.1 Å². The molecule has 5 nitrogen and oxygen atoms in total. The van der Waals surface area contributed by atoms with E-state index >= 15 is 0 Å². The molecule has 2 amide bonds. The van der Waals surface area contributed by atoms with Crippen LogP contribution in [0.4, 0.5) is 5.69 Å². The highest BCUT2D eigenvalue weighted by atomic mass is 16.5. The van der Waals surface area contributed by atoms with Crippen molar-refractivity contribution in [2.24, 2.45) is 0 Å². The number of carbonyl (C=O) groups is 2. The number of fused-ring (bicyclic) bond motifs is 1. The smallest absolute Gasteiger partial charge is 0.259 e. The molecule has 0 saturated carbocycles. The van der Waals surface area contributed by atoms with Crippen LogP contribution in [0.2, 0.25) is 0 Å². The average Bonchev–Trinajstić information content (AvgIpc) is 2.81. The molecule has 0 radical (unpaired) electrons. The van der Waals surface area contributed by atoms with Crippen LogP contribution in [0.3, 0.4) is 0 Å². The zero-order valence-electron chi connectivity index (χ0n) is 12.2. The lowest BCUT2D eigenvalue weighted by molar-refractivity contribution is 0.0879. The van der Waals surface area contributed by atoms with Crippen LogP contribution in [-0.2, 0) is 6.54 Å². The van der Waals surface area contributed by atoms with Crippen molar-refractivity contribution in [2.75, 3.05) is 11.9 Å². The molecule has 0 aromatic heterocycles. The van der Waals surface area contributed by atoms with Gasteiger partial charge in [-0.15, -0.1) is 0 Å². The van der Waals surface area contributed by atoms with Crippen molar-refractivity contribution in [3.8, 4) is 5.75 Å². The Labute approximate surface area is 128 Å². The number of nitrogens with one attached hydrogen (secondary N) is 2. The zero-order valence-corrected chi connectivity index (χ0v) is 12.2. The Bertz CT molecular complexity index is 723. The topological polar surface area (TPSA) is 67.4 Å². The number of anilines is 1. The summed E-state index contributed by atoms with van der Waals surface area (Å²) in [6.45, 7) is 3.22. The summed E-state index contributed by atoms with van der Waals surface area (Å²) >= 11 is 0. The summed E-state index contributed by atoms with van der Waals surface area (Å²) in [5, 5.41) is 5.53. The van der Waals surface area contributed by atoms with Crippen LogP contribution in [-0.4, -0.2) is 18.4 Å². The second-order valence-electron chi connectivity index (χ2n) is 4.97. The number of ether oxygens (including phenoxy) is 1. The molecule has 0 saturated heterocycles. The fraction of sp³-hybridized carbons (Fsp3) is 0.176. The minimum atomic E-state index is -0.343. The van der Waals surface area contributed by atoms with Crippen molar-refractivity contribution < 1.29 is 14.3 Å². The molecular weight excluding hydrogens is 280 g/mol. The van der Waals surface area contributed by atoms with Gasteiger partial charge < -0.3 is 10.1 Å². The first-order valence-electron chi connectivity index (χ1n) is 7.12. The predicted octanol–water partition coefficient (Wildman–Crippen LogP) is 2.58. The Hall–Kier alpha value is -2.82. The molecule has 1 heterocycles. The lowest BCUT2D eigenvalue weighted by Crippen LogP contribution is -2.19. The van der Waals surface area contributed by atoms with Crippen molar-refractivity contribution in [2.45, 2.75) is 13.5 Å². The van der Waals surface area contributed by atoms with Gasteiger partial charge in [0.05, 0.1) is 17.7 Å². The first kappa shape index (κ1) is 14.1. The van der Waals surface area contributed by atoms with Crippen LogP contribution in [0.15, 0.2) is 42.5 Å². The number of benzene rings is 2. The Morgan fingerprint density at radius 2 is 1.73 bits per heavy atom. The molecule has 0 spiro atoms. The second kappa shape index (κ2) is 5.89. The van der Waals surface area contributed by atoms with E-state index in [2.05, 4.69) is 10.6 Å². The first-order chi connectivity index (χ1) is 10.7. The lowest BCUT2D eigenvalue weighted by atomic mass is 10.1. The van der Waals surface area contributed by atoms with E-state index < -0.39 is 0 Å². The van der Waals surface area contributed by atoms with Gasteiger partial charge in [-0.25, -0.2) is 0 Å². The van der Waals surface area contributed by atoms with Crippen molar-refractivity contribution in [1.82, 2.24) is 5.32 Å². The lowest BCUT2D eigenvalue weighted by Gasteiger charge is -2.08. The van der Waals surface area contributed by atoms with E-state index in [-0.39, 0.29) is 11.8 Å². The van der Waals surface area contributed by atoms with E-state index in [4.69, 9.17) is 4.74 Å². The minimum absolute atomic E-state index is 0.335. The average molecular weight is 296 g/mol. The largest absolute Gasteiger partial charge is 0.494 e. The van der Waals surface area contributed by atoms with Crippen LogP contribution >= 0.6 is 0 Å². The molecule has 2 aromatic carbocycles. The Kier molecular flexibility index (Phi) is 3.78. The van der Waals surface area contributed by atoms with Crippen molar-refractivity contribution in [1.29, 1.82) is 0 Å². The number of hydrogen-bond donors (Lipinski definition) is 2. The third-order valence-corrected chi connectivity index (χ3v) is 3.47. The van der Waals surface area contributed by atoms with Crippen LogP contribution in [0, 0.1) is 0 Å². The number of carbonyl (C=O) groups excluding carboxylic acids is 2. The van der Waals surface area contributed by atoms with Crippen molar-refractivity contribution in [3.63, 3.8) is 0 Å². The third kappa shape index (κ3) is 2.79. The van der Waals surface area contributed by atoms with E-state index in [1.165, 1.54) is 0 Å². The van der Waals surface area contributed by atoms with E-state index in [9.17, 15) is 9.59 Å². The summed E-state index contributed by atoms with van der Waals surface area (Å²) in [6.07, 6.45) is 0. The predicted molar refractivity (Wildman–Crippen MR) is 83.2 cm³/mol. The molecule has 0 atom stereocenters. The van der Waals surface area contributed by atoms with E-state index in [0.29, 0.717) is 24.3 Å². The minimum Gasteiger partial charge on any atom is -0.494 e. The quantitative estimate of drug-likeness (QED) is 0.832. The number of amides is 2. The first-order valence-corrected chi connectivity index (χ1v) is 7.12. The molecule has 5 heteroatoms. The third-order valence-electron chi connectivity index (χ3n) is 3.47.